The SMILES string of the molecule is Cc1ccnc2ccccc12.Cc1ccncc1.Cn1cnc(-c2ccccc2)c1.Cn1cnc(-c2cccnc2)c1.Cn1cnc(-c2cncnc2)c1.Cn1cnc2cccnc21.Cn1cnc2ccncc21.Cn1cnc2cnccc21.Cn1cnc2cncnc21.Cn1cnc2ncccc21.Cn1cnc2ncncc21. The summed E-state index contributed by atoms with van der Waals surface area (Å²) >= 11 is 0. The molecule has 19 aromatic heterocycles. The Morgan fingerprint density at radius 3 is 1.34 bits per heavy atom. The minimum Gasteiger partial charge on any atom is -0.340 e. The van der Waals surface area contributed by atoms with Gasteiger partial charge >= 0.3 is 0 Å². The second-order valence-electron chi connectivity index (χ2n) is 25.2. The fourth-order valence-corrected chi connectivity index (χ4v) is 10.5. The van der Waals surface area contributed by atoms with Crippen LogP contribution in [0.1, 0.15) is 11.1 Å². The van der Waals surface area contributed by atoms with Crippen molar-refractivity contribution in [3.63, 3.8) is 0 Å². The predicted molar refractivity (Wildman–Crippen MR) is 441 cm³/mol. The van der Waals surface area contributed by atoms with E-state index in [1.54, 1.807) is 125 Å². The summed E-state index contributed by atoms with van der Waals surface area (Å²) in [7, 11) is 17.5. The minimum atomic E-state index is 0.748. The van der Waals surface area contributed by atoms with E-state index in [4.69, 9.17) is 0 Å². The van der Waals surface area contributed by atoms with E-state index in [0.717, 1.165) is 106 Å². The highest BCUT2D eigenvalue weighted by molar-refractivity contribution is 5.81. The summed E-state index contributed by atoms with van der Waals surface area (Å²) in [6.45, 7) is 4.14. The summed E-state index contributed by atoms with van der Waals surface area (Å²) in [6, 6.07) is 39.8. The predicted octanol–water partition coefficient (Wildman–Crippen LogP) is 13.0. The van der Waals surface area contributed by atoms with Crippen molar-refractivity contribution in [3.05, 3.63) is 320 Å². The van der Waals surface area contributed by atoms with E-state index in [1.807, 2.05) is 258 Å². The minimum absolute atomic E-state index is 0.748. The van der Waals surface area contributed by atoms with Gasteiger partial charge in [-0.15, -0.1) is 0 Å². The number of hydrogen-bond donors (Lipinski definition) is 0. The lowest BCUT2D eigenvalue weighted by Gasteiger charge is -1.97. The first-order chi connectivity index (χ1) is 55.6. The first kappa shape index (κ1) is 79.5. The van der Waals surface area contributed by atoms with Gasteiger partial charge in [0.15, 0.2) is 22.6 Å². The summed E-state index contributed by atoms with van der Waals surface area (Å²) in [5, 5.41) is 1.25. The normalized spacial score (nSPS) is 10.2. The van der Waals surface area contributed by atoms with Gasteiger partial charge in [-0.05, 0) is 97.8 Å². The van der Waals surface area contributed by atoms with Crippen LogP contribution in [0.3, 0.4) is 0 Å². The summed E-state index contributed by atoms with van der Waals surface area (Å²) in [4.78, 5) is 88.9. The van der Waals surface area contributed by atoms with Crippen molar-refractivity contribution >= 4 is 77.6 Å². The first-order valence-corrected chi connectivity index (χ1v) is 35.4. The summed E-state index contributed by atoms with van der Waals surface area (Å²) < 4.78 is 17.3. The van der Waals surface area contributed by atoms with E-state index < -0.39 is 0 Å². The van der Waals surface area contributed by atoms with E-state index in [-0.39, 0.29) is 0 Å². The Kier molecular flexibility index (Phi) is 28.3. The van der Waals surface area contributed by atoms with E-state index in [0.29, 0.717) is 0 Å². The van der Waals surface area contributed by atoms with E-state index in [1.165, 1.54) is 35.5 Å². The van der Waals surface area contributed by atoms with E-state index >= 15 is 0 Å². The van der Waals surface area contributed by atoms with Gasteiger partial charge in [0.05, 0.1) is 126 Å². The highest BCUT2D eigenvalue weighted by Gasteiger charge is 2.05. The molecular weight excluding hydrogens is 1430 g/mol. The van der Waals surface area contributed by atoms with Gasteiger partial charge in [0.2, 0.25) is 0 Å². The fourth-order valence-electron chi connectivity index (χ4n) is 10.5. The first-order valence-electron chi connectivity index (χ1n) is 35.4. The van der Waals surface area contributed by atoms with Crippen LogP contribution >= 0.6 is 0 Å². The number of hydrogen-bond acceptors (Lipinski definition) is 22. The number of nitrogens with zero attached hydrogens (tertiary/aromatic N) is 31. The number of pyridine rings is 7. The van der Waals surface area contributed by atoms with Gasteiger partial charge in [0, 0.05) is 172 Å². The van der Waals surface area contributed by atoms with Gasteiger partial charge in [0.1, 0.15) is 41.0 Å². The van der Waals surface area contributed by atoms with Gasteiger partial charge < -0.3 is 41.1 Å². The average Bonchev–Trinajstić information content (AvgIpc) is 1.61. The topological polar surface area (TPSA) is 328 Å². The molecule has 0 bridgehead atoms. The van der Waals surface area contributed by atoms with Crippen LogP contribution in [0.25, 0.3) is 111 Å². The van der Waals surface area contributed by atoms with Crippen molar-refractivity contribution in [1.29, 1.82) is 0 Å². The standard InChI is InChI=1S/C10H10N2.C10H9N.C9H9N3.C8H8N4.4C7H7N3.2C6H6N4.C6H7N/c1-12-7-10(11-8-12)9-5-3-2-4-6-9;1-8-6-7-11-10-5-3-2-4-9(8)10;1-12-6-9(11-7-12)8-3-2-4-10-5-8;1-12-4-8(11-6-12)7-2-9-5-10-3-7;1-10-5-9-6-4-8-3-2-7(6)10;1-10-5-9-6-2-3-8-4-7(6)10;1-10-5-9-7-6(10)3-2-4-8-7;1-10-5-9-6-3-2-4-8-7(6)10;1-10-4-9-6-5(10)2-7-3-8-6;1-10-4-9-5-2-7-3-8-6(5)10;1-6-2-4-7-5-3-6/h2-8H,1H3;2-7H,1H3;2-7H,1H3;2-6H,1H3;4*2-5H,1H3;2*2-4H,1H3;2-5H,1H3. The molecule has 0 unspecified atom stereocenters. The van der Waals surface area contributed by atoms with Crippen LogP contribution in [-0.4, -0.2) is 151 Å². The van der Waals surface area contributed by atoms with Crippen molar-refractivity contribution in [2.45, 2.75) is 13.8 Å². The van der Waals surface area contributed by atoms with Crippen molar-refractivity contribution in [1.82, 2.24) is 151 Å². The monoisotopic (exact) mass is 1510 g/mol. The zero-order chi connectivity index (χ0) is 79.8. The fraction of sp³-hybridized carbons (Fsp3) is 0.133. The van der Waals surface area contributed by atoms with Gasteiger partial charge in [-0.2, -0.15) is 0 Å². The Hall–Kier alpha value is -15.6. The largest absolute Gasteiger partial charge is 0.340 e. The van der Waals surface area contributed by atoms with Crippen molar-refractivity contribution < 1.29 is 0 Å². The molecule has 31 nitrogen and oxygen atoms in total. The van der Waals surface area contributed by atoms with Crippen molar-refractivity contribution in [2.24, 2.45) is 63.4 Å². The maximum atomic E-state index is 4.25. The summed E-state index contributed by atoms with van der Waals surface area (Å²) in [6.07, 6.45) is 52.8. The number of aromatic nitrogens is 31. The Balaban J connectivity index is 0.000000124. The molecular formula is C83H83N31. The van der Waals surface area contributed by atoms with Crippen molar-refractivity contribution in [2.75, 3.05) is 0 Å². The second kappa shape index (κ2) is 40.6. The molecule has 0 amide bonds. The van der Waals surface area contributed by atoms with E-state index in [2.05, 4.69) is 135 Å². The number of imidazole rings is 9. The molecule has 0 N–H and O–H groups in total. The second-order valence-corrected chi connectivity index (χ2v) is 25.2. The maximum absolute atomic E-state index is 4.25. The zero-order valence-electron chi connectivity index (χ0n) is 64.7. The molecule has 0 aliphatic heterocycles. The molecule has 0 atom stereocenters. The van der Waals surface area contributed by atoms with Gasteiger partial charge in [-0.1, -0.05) is 48.5 Å². The molecule has 114 heavy (non-hydrogen) atoms. The average molecular weight is 1510 g/mol. The maximum Gasteiger partial charge on any atom is 0.180 e. The van der Waals surface area contributed by atoms with E-state index in [9.17, 15) is 0 Å². The molecule has 0 saturated heterocycles. The van der Waals surface area contributed by atoms with Gasteiger partial charge in [-0.25, -0.2) is 84.7 Å². The number of fused-ring (bicyclic) bond motifs is 7. The third-order valence-electron chi connectivity index (χ3n) is 16.5. The number of rotatable bonds is 3. The van der Waals surface area contributed by atoms with Gasteiger partial charge in [0.25, 0.3) is 0 Å². The van der Waals surface area contributed by atoms with Crippen LogP contribution < -0.4 is 0 Å². The molecule has 0 aliphatic carbocycles. The third-order valence-corrected chi connectivity index (χ3v) is 16.5. The molecule has 0 fully saturated rings. The molecule has 2 aromatic carbocycles. The molecule has 21 aromatic rings. The lowest BCUT2D eigenvalue weighted by atomic mass is 10.1. The molecule has 31 heteroatoms. The number of aryl methyl sites for hydroxylation is 11. The third kappa shape index (κ3) is 22.8. The molecule has 19 heterocycles. The summed E-state index contributed by atoms with van der Waals surface area (Å²) in [5.74, 6) is 0. The Morgan fingerprint density at radius 2 is 0.719 bits per heavy atom. The van der Waals surface area contributed by atoms with Crippen LogP contribution in [0.2, 0.25) is 0 Å². The van der Waals surface area contributed by atoms with Crippen molar-refractivity contribution in [3.8, 4) is 33.8 Å². The number of benzene rings is 2. The number of para-hydroxylation sites is 1. The molecule has 0 spiro atoms. The van der Waals surface area contributed by atoms with Crippen LogP contribution in [0.4, 0.5) is 0 Å². The lowest BCUT2D eigenvalue weighted by Crippen LogP contribution is -1.86. The lowest BCUT2D eigenvalue weighted by molar-refractivity contribution is 0.913. The van der Waals surface area contributed by atoms with Crippen LogP contribution in [-0.2, 0) is 63.4 Å². The molecule has 0 radical (unpaired) electrons. The smallest absolute Gasteiger partial charge is 0.180 e. The summed E-state index contributed by atoms with van der Waals surface area (Å²) in [5.41, 5.74) is 21.0. The highest BCUT2D eigenvalue weighted by atomic mass is 15.1. The van der Waals surface area contributed by atoms with Gasteiger partial charge in [-0.3, -0.25) is 24.9 Å². The highest BCUT2D eigenvalue weighted by Crippen LogP contribution is 2.18. The Bertz CT molecular complexity index is 5630. The molecule has 0 aliphatic rings. The van der Waals surface area contributed by atoms with Crippen LogP contribution in [0.5, 0.6) is 0 Å². The van der Waals surface area contributed by atoms with Crippen LogP contribution in [0, 0.1) is 13.8 Å². The Morgan fingerprint density at radius 1 is 0.237 bits per heavy atom. The quantitative estimate of drug-likeness (QED) is 0.159. The Labute approximate surface area is 656 Å². The molecule has 0 saturated carbocycles. The zero-order valence-corrected chi connectivity index (χ0v) is 64.7. The molecule has 570 valence electrons. The van der Waals surface area contributed by atoms with Crippen LogP contribution in [0.15, 0.2) is 309 Å². The molecule has 21 rings (SSSR count).